The normalized spacial score (nSPS) is 22.3. The van der Waals surface area contributed by atoms with Crippen LogP contribution >= 0.6 is 0 Å². The van der Waals surface area contributed by atoms with Crippen molar-refractivity contribution in [1.29, 1.82) is 0 Å². The number of carbonyl (C=O) groups is 1. The molecule has 0 radical (unpaired) electrons. The van der Waals surface area contributed by atoms with Crippen LogP contribution in [0.2, 0.25) is 0 Å². The number of nitrogens with zero attached hydrogens (tertiary/aromatic N) is 3. The second kappa shape index (κ2) is 12.0. The molecule has 2 heterocycles. The van der Waals surface area contributed by atoms with Crippen LogP contribution in [0.25, 0.3) is 0 Å². The van der Waals surface area contributed by atoms with Gasteiger partial charge in [0.2, 0.25) is 5.91 Å². The van der Waals surface area contributed by atoms with Gasteiger partial charge in [-0.2, -0.15) is 0 Å². The van der Waals surface area contributed by atoms with Crippen LogP contribution < -0.4 is 9.64 Å². The Balaban J connectivity index is 1.43. The predicted octanol–water partition coefficient (Wildman–Crippen LogP) is 2.54. The number of ether oxygens (including phenoxy) is 2. The Kier molecular flexibility index (Phi) is 8.98. The summed E-state index contributed by atoms with van der Waals surface area (Å²) in [4.78, 5) is 18.8. The number of aryl methyl sites for hydroxylation is 3. The van der Waals surface area contributed by atoms with Crippen LogP contribution in [0.5, 0.6) is 5.75 Å². The predicted molar refractivity (Wildman–Crippen MR) is 149 cm³/mol. The largest absolute Gasteiger partial charge is 0.490 e. The average Bonchev–Trinajstić information content (AvgIpc) is 3.04. The van der Waals surface area contributed by atoms with E-state index < -0.39 is 11.2 Å². The Hall–Kier alpha value is -2.65. The molecule has 2 aromatic carbocycles. The van der Waals surface area contributed by atoms with E-state index in [0.717, 1.165) is 18.7 Å². The van der Waals surface area contributed by atoms with Crippen LogP contribution in [0.1, 0.15) is 29.5 Å². The van der Waals surface area contributed by atoms with Crippen molar-refractivity contribution < 1.29 is 24.5 Å². The first kappa shape index (κ1) is 28.4. The summed E-state index contributed by atoms with van der Waals surface area (Å²) in [5.41, 5.74) is 2.55. The number of methoxy groups -OCH3 is 1. The monoisotopic (exact) mass is 525 g/mol. The number of amides is 1. The Morgan fingerprint density at radius 2 is 1.61 bits per heavy atom. The highest BCUT2D eigenvalue weighted by molar-refractivity contribution is 5.77. The molecule has 1 atom stereocenters. The third kappa shape index (κ3) is 7.26. The molecule has 2 aliphatic rings. The molecular formula is C30H43N3O5. The highest BCUT2D eigenvalue weighted by Gasteiger charge is 2.41. The Bertz CT molecular complexity index is 1080. The minimum atomic E-state index is -1.29. The summed E-state index contributed by atoms with van der Waals surface area (Å²) in [6.45, 7) is 9.61. The molecule has 0 aliphatic carbocycles. The Morgan fingerprint density at radius 1 is 0.895 bits per heavy atom. The van der Waals surface area contributed by atoms with Crippen LogP contribution in [-0.4, -0.2) is 103 Å². The smallest absolute Gasteiger partial charge is 0.248 e. The third-order valence-corrected chi connectivity index (χ3v) is 7.91. The highest BCUT2D eigenvalue weighted by atomic mass is 16.5. The van der Waals surface area contributed by atoms with Gasteiger partial charge in [0.15, 0.2) is 0 Å². The van der Waals surface area contributed by atoms with E-state index in [-0.39, 0.29) is 25.7 Å². The summed E-state index contributed by atoms with van der Waals surface area (Å²) < 4.78 is 11.1. The van der Waals surface area contributed by atoms with Gasteiger partial charge < -0.3 is 29.5 Å². The molecule has 0 saturated carbocycles. The van der Waals surface area contributed by atoms with E-state index in [2.05, 4.69) is 41.0 Å². The van der Waals surface area contributed by atoms with Crippen LogP contribution in [-0.2, 0) is 9.53 Å². The van der Waals surface area contributed by atoms with Gasteiger partial charge in [-0.3, -0.25) is 9.69 Å². The molecule has 2 aliphatic heterocycles. The highest BCUT2D eigenvalue weighted by Crippen LogP contribution is 2.29. The first-order valence-electron chi connectivity index (χ1n) is 13.5. The fourth-order valence-electron chi connectivity index (χ4n) is 5.43. The van der Waals surface area contributed by atoms with Crippen LogP contribution in [0.3, 0.4) is 0 Å². The fourth-order valence-corrected chi connectivity index (χ4v) is 5.43. The number of β-amino-alcohol motifs (C(OH)–C–C–N with tert-alkyl or cyclic N) is 2. The van der Waals surface area contributed by atoms with Crippen molar-refractivity contribution in [2.24, 2.45) is 0 Å². The molecule has 0 aromatic heterocycles. The van der Waals surface area contributed by atoms with Gasteiger partial charge in [0.05, 0.1) is 12.1 Å². The molecule has 4 rings (SSSR count). The summed E-state index contributed by atoms with van der Waals surface area (Å²) >= 11 is 0. The summed E-state index contributed by atoms with van der Waals surface area (Å²) in [6, 6.07) is 14.4. The Morgan fingerprint density at radius 3 is 2.26 bits per heavy atom. The number of benzene rings is 2. The van der Waals surface area contributed by atoms with Crippen molar-refractivity contribution in [1.82, 2.24) is 9.80 Å². The van der Waals surface area contributed by atoms with Gasteiger partial charge in [-0.15, -0.1) is 0 Å². The van der Waals surface area contributed by atoms with Crippen molar-refractivity contribution in [3.8, 4) is 5.75 Å². The van der Waals surface area contributed by atoms with Gasteiger partial charge in [0.25, 0.3) is 0 Å². The molecule has 2 fully saturated rings. The zero-order chi connectivity index (χ0) is 27.3. The molecule has 208 valence electrons. The molecule has 38 heavy (non-hydrogen) atoms. The minimum Gasteiger partial charge on any atom is -0.490 e. The van der Waals surface area contributed by atoms with Crippen molar-refractivity contribution in [3.63, 3.8) is 0 Å². The summed E-state index contributed by atoms with van der Waals surface area (Å²) in [5.74, 6) is 0.526. The topological polar surface area (TPSA) is 85.7 Å². The maximum Gasteiger partial charge on any atom is 0.248 e. The lowest BCUT2D eigenvalue weighted by molar-refractivity contribution is -0.138. The molecule has 2 N–H and O–H groups in total. The van der Waals surface area contributed by atoms with Gasteiger partial charge in [-0.1, -0.05) is 23.8 Å². The summed E-state index contributed by atoms with van der Waals surface area (Å²) in [7, 11) is 1.50. The number of hydrogen-bond donors (Lipinski definition) is 2. The van der Waals surface area contributed by atoms with Crippen molar-refractivity contribution >= 4 is 11.6 Å². The standard InChI is InChI=1S/C30H43N3O5/c1-23-5-8-26(9-6-23)32-13-11-29(35,12-14-32)19-31-15-16-33(28(34)18-37-4)21-30(36,20-31)22-38-27-10-7-24(2)25(3)17-27/h5-10,17,35-36H,11-16,18-22H2,1-4H3. The van der Waals surface area contributed by atoms with Gasteiger partial charge in [-0.25, -0.2) is 0 Å². The van der Waals surface area contributed by atoms with Gasteiger partial charge in [0.1, 0.15) is 24.6 Å². The number of carbonyl (C=O) groups excluding carboxylic acids is 1. The fraction of sp³-hybridized carbons (Fsp3) is 0.567. The van der Waals surface area contributed by atoms with Crippen LogP contribution in [0.4, 0.5) is 5.69 Å². The van der Waals surface area contributed by atoms with E-state index in [1.165, 1.54) is 23.9 Å². The van der Waals surface area contributed by atoms with Crippen molar-refractivity contribution in [2.45, 2.75) is 44.8 Å². The minimum absolute atomic E-state index is 0.0348. The lowest BCUT2D eigenvalue weighted by Crippen LogP contribution is -2.56. The van der Waals surface area contributed by atoms with E-state index in [9.17, 15) is 15.0 Å². The molecule has 1 amide bonds. The lowest BCUT2D eigenvalue weighted by atomic mass is 9.90. The maximum absolute atomic E-state index is 12.7. The second-order valence-electron chi connectivity index (χ2n) is 11.3. The van der Waals surface area contributed by atoms with Crippen LogP contribution in [0, 0.1) is 20.8 Å². The summed E-state index contributed by atoms with van der Waals surface area (Å²) in [5, 5.41) is 23.3. The molecule has 0 bridgehead atoms. The SMILES string of the molecule is COCC(=O)N1CCN(CC2(O)CCN(c3ccc(C)cc3)CC2)CC(O)(COc2ccc(C)c(C)c2)C1. The van der Waals surface area contributed by atoms with E-state index in [1.54, 1.807) is 4.90 Å². The van der Waals surface area contributed by atoms with Gasteiger partial charge >= 0.3 is 0 Å². The summed E-state index contributed by atoms with van der Waals surface area (Å²) in [6.07, 6.45) is 1.28. The Labute approximate surface area is 226 Å². The number of rotatable bonds is 8. The number of aliphatic hydroxyl groups is 2. The second-order valence-corrected chi connectivity index (χ2v) is 11.3. The van der Waals surface area contributed by atoms with Crippen LogP contribution in [0.15, 0.2) is 42.5 Å². The van der Waals surface area contributed by atoms with E-state index in [0.29, 0.717) is 44.8 Å². The molecular weight excluding hydrogens is 482 g/mol. The molecule has 8 heteroatoms. The number of piperidine rings is 1. The van der Waals surface area contributed by atoms with E-state index in [1.807, 2.05) is 32.0 Å². The number of hydrogen-bond acceptors (Lipinski definition) is 7. The van der Waals surface area contributed by atoms with E-state index >= 15 is 0 Å². The van der Waals surface area contributed by atoms with Crippen molar-refractivity contribution in [3.05, 3.63) is 59.2 Å². The number of anilines is 1. The molecule has 1 unspecified atom stereocenters. The van der Waals surface area contributed by atoms with Gasteiger partial charge in [-0.05, 0) is 69.0 Å². The maximum atomic E-state index is 12.7. The lowest BCUT2D eigenvalue weighted by Gasteiger charge is -2.42. The zero-order valence-electron chi connectivity index (χ0n) is 23.3. The first-order chi connectivity index (χ1) is 18.1. The first-order valence-corrected chi connectivity index (χ1v) is 13.5. The van der Waals surface area contributed by atoms with Crippen molar-refractivity contribution in [2.75, 3.05) is 71.0 Å². The van der Waals surface area contributed by atoms with Gasteiger partial charge in [0, 0.05) is 52.1 Å². The molecule has 2 aromatic rings. The quantitative estimate of drug-likeness (QED) is 0.548. The molecule has 8 nitrogen and oxygen atoms in total. The average molecular weight is 526 g/mol. The third-order valence-electron chi connectivity index (χ3n) is 7.91. The molecule has 0 spiro atoms. The zero-order valence-corrected chi connectivity index (χ0v) is 23.3. The molecule has 2 saturated heterocycles. The van der Waals surface area contributed by atoms with E-state index in [4.69, 9.17) is 9.47 Å².